The van der Waals surface area contributed by atoms with Crippen molar-refractivity contribution >= 4 is 32.5 Å². The van der Waals surface area contributed by atoms with Crippen molar-refractivity contribution in [2.45, 2.75) is 20.1 Å². The maximum Gasteiger partial charge on any atom is 0.232 e. The van der Waals surface area contributed by atoms with Crippen LogP contribution in [-0.4, -0.2) is 29.9 Å². The van der Waals surface area contributed by atoms with Gasteiger partial charge in [-0.3, -0.25) is 9.52 Å². The summed E-state index contributed by atoms with van der Waals surface area (Å²) in [6.45, 7) is -1.55. The molecule has 2 aromatic heterocycles. The predicted molar refractivity (Wildman–Crippen MR) is 98.3 cm³/mol. The highest BCUT2D eigenvalue weighted by Crippen LogP contribution is 2.27. The molecule has 1 aromatic carbocycles. The number of nitrogens with zero attached hydrogens (tertiary/aromatic N) is 1. The summed E-state index contributed by atoms with van der Waals surface area (Å²) in [7, 11) is -4.72. The number of hydrogen-bond donors (Lipinski definition) is 2. The van der Waals surface area contributed by atoms with Gasteiger partial charge in [0, 0.05) is 30.2 Å². The number of nitrogens with one attached hydrogen (secondary N) is 2. The van der Waals surface area contributed by atoms with E-state index < -0.39 is 57.7 Å². The Balaban J connectivity index is 2.00. The summed E-state index contributed by atoms with van der Waals surface area (Å²) in [6.07, 6.45) is -0.384. The first kappa shape index (κ1) is 13.4. The number of carbonyl (C=O) groups excluding carboxylic acids is 1. The van der Waals surface area contributed by atoms with Crippen molar-refractivity contribution in [1.82, 2.24) is 9.97 Å². The minimum Gasteiger partial charge on any atom is -0.345 e. The maximum absolute atomic E-state index is 15.0. The monoisotopic (exact) mass is 398 g/mol. The van der Waals surface area contributed by atoms with Crippen LogP contribution in [0.5, 0.6) is 0 Å². The third-order valence-corrected chi connectivity index (χ3v) is 4.81. The Kier molecular flexibility index (Phi) is 3.50. The number of aromatic amines is 1. The van der Waals surface area contributed by atoms with Crippen molar-refractivity contribution in [2.24, 2.45) is 0 Å². The summed E-state index contributed by atoms with van der Waals surface area (Å²) >= 11 is 0. The number of anilines is 1. The van der Waals surface area contributed by atoms with Gasteiger partial charge in [0.15, 0.2) is 5.82 Å². The number of aromatic nitrogens is 2. The second kappa shape index (κ2) is 7.07. The minimum absolute atomic E-state index is 0.0901. The van der Waals surface area contributed by atoms with Crippen LogP contribution in [0.3, 0.4) is 0 Å². The van der Waals surface area contributed by atoms with Gasteiger partial charge < -0.3 is 4.98 Å². The Morgan fingerprint density at radius 1 is 1.41 bits per heavy atom. The Hall–Kier alpha value is -2.81. The van der Waals surface area contributed by atoms with Gasteiger partial charge in [-0.1, -0.05) is 6.85 Å². The smallest absolute Gasteiger partial charge is 0.232 e. The Morgan fingerprint density at radius 2 is 2.19 bits per heavy atom. The first-order valence-corrected chi connectivity index (χ1v) is 9.25. The molecule has 0 amide bonds. The molecule has 9 heteroatoms. The van der Waals surface area contributed by atoms with E-state index in [2.05, 4.69) is 9.97 Å². The molecule has 2 N–H and O–H groups in total. The van der Waals surface area contributed by atoms with Crippen LogP contribution in [0.2, 0.25) is 0 Å². The summed E-state index contributed by atoms with van der Waals surface area (Å²) in [5, 5.41) is 0.311. The van der Waals surface area contributed by atoms with Crippen LogP contribution in [-0.2, 0) is 10.0 Å². The third-order valence-electron chi connectivity index (χ3n) is 3.76. The Labute approximate surface area is 161 Å². The normalized spacial score (nSPS) is 15.4. The highest BCUT2D eigenvalue weighted by atomic mass is 32.2. The van der Waals surface area contributed by atoms with Crippen LogP contribution >= 0.6 is 0 Å². The van der Waals surface area contributed by atoms with Gasteiger partial charge in [0.05, 0.1) is 17.0 Å². The van der Waals surface area contributed by atoms with Crippen LogP contribution in [0.4, 0.5) is 14.5 Å². The summed E-state index contributed by atoms with van der Waals surface area (Å²) < 4.78 is 91.9. The fourth-order valence-electron chi connectivity index (χ4n) is 2.57. The van der Waals surface area contributed by atoms with Crippen LogP contribution in [0.25, 0.3) is 11.0 Å². The molecule has 3 rings (SSSR count). The molecule has 27 heavy (non-hydrogen) atoms. The van der Waals surface area contributed by atoms with Gasteiger partial charge in [0.2, 0.25) is 15.8 Å². The zero-order valence-corrected chi connectivity index (χ0v) is 14.7. The molecule has 0 unspecified atom stereocenters. The maximum atomic E-state index is 15.0. The summed E-state index contributed by atoms with van der Waals surface area (Å²) in [6, 6.07) is 2.97. The van der Waals surface area contributed by atoms with Crippen molar-refractivity contribution in [2.75, 3.05) is 10.5 Å². The SMILES string of the molecule is [2H]C([2H])([2H])C([2H])([2H])CS(=O)(=O)Nc1ccc(F)c(C(=O)c2c[nH]c3ncc(C)cc23)c1F. The van der Waals surface area contributed by atoms with E-state index in [4.69, 9.17) is 6.85 Å². The first-order valence-electron chi connectivity index (χ1n) is 10.1. The number of rotatable bonds is 6. The zero-order chi connectivity index (χ0) is 24.1. The lowest BCUT2D eigenvalue weighted by Crippen LogP contribution is -2.18. The summed E-state index contributed by atoms with van der Waals surface area (Å²) in [5.74, 6) is -5.35. The largest absolute Gasteiger partial charge is 0.345 e. The topological polar surface area (TPSA) is 91.9 Å². The molecule has 0 saturated heterocycles. The second-order valence-electron chi connectivity index (χ2n) is 5.76. The number of sulfonamides is 1. The summed E-state index contributed by atoms with van der Waals surface area (Å²) in [5.41, 5.74) is -0.954. The quantitative estimate of drug-likeness (QED) is 0.622. The fourth-order valence-corrected chi connectivity index (χ4v) is 3.32. The van der Waals surface area contributed by atoms with E-state index >= 15 is 4.39 Å². The van der Waals surface area contributed by atoms with E-state index in [1.54, 1.807) is 17.7 Å². The fraction of sp³-hybridized carbons (Fsp3) is 0.222. The van der Waals surface area contributed by atoms with Gasteiger partial charge >= 0.3 is 0 Å². The molecule has 0 aliphatic heterocycles. The van der Waals surface area contributed by atoms with Gasteiger partial charge in [0.1, 0.15) is 11.5 Å². The number of carbonyl (C=O) groups is 1. The highest BCUT2D eigenvalue weighted by molar-refractivity contribution is 7.92. The van der Waals surface area contributed by atoms with Gasteiger partial charge in [-0.2, -0.15) is 0 Å². The molecule has 0 spiro atoms. The van der Waals surface area contributed by atoms with Crippen LogP contribution in [0.1, 0.15) is 41.6 Å². The van der Waals surface area contributed by atoms with Crippen LogP contribution in [0, 0.1) is 18.6 Å². The number of pyridine rings is 1. The molecule has 3 aromatic rings. The molecular formula is C18H17F2N3O3S. The summed E-state index contributed by atoms with van der Waals surface area (Å²) in [4.78, 5) is 19.7. The molecule has 0 saturated carbocycles. The Bertz CT molecular complexity index is 1320. The van der Waals surface area contributed by atoms with Gasteiger partial charge in [-0.15, -0.1) is 0 Å². The molecule has 0 fully saturated rings. The standard InChI is InChI=1S/C18H17F2N3O3S/c1-3-6-27(25,26)23-14-5-4-13(19)15(16(14)20)17(24)12-9-22-18-11(12)7-10(2)8-21-18/h4-5,7-9,23H,3,6H2,1-2H3,(H,21,22)/i1D3,3D2. The Morgan fingerprint density at radius 3 is 2.93 bits per heavy atom. The van der Waals surface area contributed by atoms with E-state index in [0.717, 1.165) is 0 Å². The lowest BCUT2D eigenvalue weighted by molar-refractivity contribution is 0.103. The number of benzene rings is 1. The van der Waals surface area contributed by atoms with E-state index in [1.807, 2.05) is 0 Å². The van der Waals surface area contributed by atoms with Crippen LogP contribution < -0.4 is 4.72 Å². The third kappa shape index (κ3) is 3.68. The molecule has 0 atom stereocenters. The van der Waals surface area contributed by atoms with Crippen molar-refractivity contribution in [3.05, 3.63) is 58.9 Å². The number of H-pyrrole nitrogens is 1. The average Bonchev–Trinajstić information content (AvgIpc) is 3.05. The zero-order valence-electron chi connectivity index (χ0n) is 18.9. The van der Waals surface area contributed by atoms with Gasteiger partial charge in [-0.25, -0.2) is 22.2 Å². The van der Waals surface area contributed by atoms with Crippen LogP contribution in [0.15, 0.2) is 30.6 Å². The predicted octanol–water partition coefficient (Wildman–Crippen LogP) is 3.53. The first-order chi connectivity index (χ1) is 14.6. The molecule has 142 valence electrons. The molecule has 0 bridgehead atoms. The van der Waals surface area contributed by atoms with E-state index in [9.17, 15) is 17.6 Å². The molecule has 0 aliphatic carbocycles. The lowest BCUT2D eigenvalue weighted by atomic mass is 10.0. The number of ketones is 1. The second-order valence-corrected chi connectivity index (χ2v) is 7.48. The average molecular weight is 398 g/mol. The minimum atomic E-state index is -4.72. The van der Waals surface area contributed by atoms with Crippen molar-refractivity contribution in [3.63, 3.8) is 0 Å². The number of fused-ring (bicyclic) bond motifs is 1. The lowest BCUT2D eigenvalue weighted by Gasteiger charge is -2.11. The van der Waals surface area contributed by atoms with E-state index in [1.165, 1.54) is 12.4 Å². The van der Waals surface area contributed by atoms with Gasteiger partial charge in [-0.05, 0) is 37.1 Å². The van der Waals surface area contributed by atoms with Crippen molar-refractivity contribution in [1.29, 1.82) is 0 Å². The highest BCUT2D eigenvalue weighted by Gasteiger charge is 2.25. The molecule has 6 nitrogen and oxygen atoms in total. The van der Waals surface area contributed by atoms with Crippen molar-refractivity contribution in [3.8, 4) is 0 Å². The number of halogens is 2. The van der Waals surface area contributed by atoms with Gasteiger partial charge in [0.25, 0.3) is 0 Å². The molecular weight excluding hydrogens is 376 g/mol. The molecule has 2 heterocycles. The molecule has 0 radical (unpaired) electrons. The number of aryl methyl sites for hydroxylation is 1. The molecule has 0 aliphatic rings. The number of hydrogen-bond acceptors (Lipinski definition) is 4. The van der Waals surface area contributed by atoms with Crippen molar-refractivity contribution < 1.29 is 28.8 Å². The van der Waals surface area contributed by atoms with E-state index in [-0.39, 0.29) is 5.56 Å². The van der Waals surface area contributed by atoms with E-state index in [0.29, 0.717) is 28.7 Å².